The van der Waals surface area contributed by atoms with Crippen molar-refractivity contribution in [3.8, 4) is 0 Å². The summed E-state index contributed by atoms with van der Waals surface area (Å²) in [6.45, 7) is 4.35. The van der Waals surface area contributed by atoms with E-state index in [1.165, 1.54) is 18.6 Å². The summed E-state index contributed by atoms with van der Waals surface area (Å²) in [6, 6.07) is 3.48. The largest absolute Gasteiger partial charge is 0.392 e. The lowest BCUT2D eigenvalue weighted by Gasteiger charge is -2.41. The molecule has 1 aliphatic carbocycles. The Labute approximate surface area is 113 Å². The Hall–Kier alpha value is -0.960. The van der Waals surface area contributed by atoms with Gasteiger partial charge in [0.1, 0.15) is 11.6 Å². The molecule has 0 aromatic heterocycles. The fourth-order valence-electron chi connectivity index (χ4n) is 3.35. The van der Waals surface area contributed by atoms with Crippen molar-refractivity contribution >= 4 is 0 Å². The van der Waals surface area contributed by atoms with Crippen molar-refractivity contribution in [1.82, 2.24) is 0 Å². The standard InChI is InChI=1S/C16H22F2O/c1-16(2)6-4-3-5-14(16)15(19)9-11-7-12(17)10-13(18)8-11/h7-8,10,14-15,19H,3-6,9H2,1-2H3. The van der Waals surface area contributed by atoms with Crippen molar-refractivity contribution < 1.29 is 13.9 Å². The van der Waals surface area contributed by atoms with Crippen LogP contribution in [0.3, 0.4) is 0 Å². The van der Waals surface area contributed by atoms with Gasteiger partial charge < -0.3 is 5.11 Å². The summed E-state index contributed by atoms with van der Waals surface area (Å²) in [4.78, 5) is 0. The summed E-state index contributed by atoms with van der Waals surface area (Å²) in [5.41, 5.74) is 0.634. The molecule has 2 unspecified atom stereocenters. The van der Waals surface area contributed by atoms with Crippen LogP contribution in [0.4, 0.5) is 8.78 Å². The molecule has 0 spiro atoms. The van der Waals surface area contributed by atoms with Gasteiger partial charge in [-0.15, -0.1) is 0 Å². The van der Waals surface area contributed by atoms with Crippen LogP contribution in [0.5, 0.6) is 0 Å². The maximum Gasteiger partial charge on any atom is 0.126 e. The lowest BCUT2D eigenvalue weighted by Crippen LogP contribution is -2.37. The summed E-state index contributed by atoms with van der Waals surface area (Å²) >= 11 is 0. The fraction of sp³-hybridized carbons (Fsp3) is 0.625. The van der Waals surface area contributed by atoms with Crippen LogP contribution in [0.25, 0.3) is 0 Å². The molecule has 2 rings (SSSR count). The Balaban J connectivity index is 2.09. The van der Waals surface area contributed by atoms with Gasteiger partial charge in [-0.25, -0.2) is 8.78 Å². The third-order valence-corrected chi connectivity index (χ3v) is 4.42. The van der Waals surface area contributed by atoms with Crippen molar-refractivity contribution in [3.05, 3.63) is 35.4 Å². The molecule has 1 saturated carbocycles. The minimum atomic E-state index is -0.579. The highest BCUT2D eigenvalue weighted by molar-refractivity contribution is 5.19. The van der Waals surface area contributed by atoms with Crippen LogP contribution in [-0.4, -0.2) is 11.2 Å². The Morgan fingerprint density at radius 3 is 2.42 bits per heavy atom. The SMILES string of the molecule is CC1(C)CCCCC1C(O)Cc1cc(F)cc(F)c1. The van der Waals surface area contributed by atoms with E-state index < -0.39 is 17.7 Å². The van der Waals surface area contributed by atoms with Crippen LogP contribution in [0.1, 0.15) is 45.1 Å². The minimum Gasteiger partial charge on any atom is -0.392 e. The predicted octanol–water partition coefficient (Wildman–Crippen LogP) is 4.08. The molecule has 1 fully saturated rings. The quantitative estimate of drug-likeness (QED) is 0.875. The molecule has 2 atom stereocenters. The summed E-state index contributed by atoms with van der Waals surface area (Å²) in [5.74, 6) is -0.956. The Kier molecular flexibility index (Phi) is 4.24. The van der Waals surface area contributed by atoms with Crippen LogP contribution in [0.15, 0.2) is 18.2 Å². The molecule has 19 heavy (non-hydrogen) atoms. The first-order valence-electron chi connectivity index (χ1n) is 7.01. The first kappa shape index (κ1) is 14.4. The predicted molar refractivity (Wildman–Crippen MR) is 71.8 cm³/mol. The van der Waals surface area contributed by atoms with Crippen molar-refractivity contribution in [1.29, 1.82) is 0 Å². The molecule has 0 saturated heterocycles. The Morgan fingerprint density at radius 2 is 1.84 bits per heavy atom. The number of benzene rings is 1. The summed E-state index contributed by atoms with van der Waals surface area (Å²) in [6.07, 6.45) is 4.21. The van der Waals surface area contributed by atoms with E-state index in [0.717, 1.165) is 25.3 Å². The zero-order valence-corrected chi connectivity index (χ0v) is 11.6. The number of aliphatic hydroxyl groups is 1. The normalized spacial score (nSPS) is 24.2. The highest BCUT2D eigenvalue weighted by Crippen LogP contribution is 2.42. The van der Waals surface area contributed by atoms with Crippen LogP contribution in [0.2, 0.25) is 0 Å². The number of hydrogen-bond acceptors (Lipinski definition) is 1. The second kappa shape index (κ2) is 5.58. The molecule has 3 heteroatoms. The van der Waals surface area contributed by atoms with Crippen molar-refractivity contribution in [2.75, 3.05) is 0 Å². The summed E-state index contributed by atoms with van der Waals surface area (Å²) in [5, 5.41) is 10.4. The first-order valence-corrected chi connectivity index (χ1v) is 7.01. The average Bonchev–Trinajstić information content (AvgIpc) is 2.26. The molecule has 0 radical (unpaired) electrons. The van der Waals surface area contributed by atoms with Gasteiger partial charge in [0.15, 0.2) is 0 Å². The van der Waals surface area contributed by atoms with E-state index in [-0.39, 0.29) is 11.3 Å². The van der Waals surface area contributed by atoms with E-state index in [2.05, 4.69) is 13.8 Å². The third kappa shape index (κ3) is 3.53. The Morgan fingerprint density at radius 1 is 1.21 bits per heavy atom. The lowest BCUT2D eigenvalue weighted by atomic mass is 9.66. The van der Waals surface area contributed by atoms with Gasteiger partial charge in [0.25, 0.3) is 0 Å². The molecule has 106 valence electrons. The van der Waals surface area contributed by atoms with E-state index in [9.17, 15) is 13.9 Å². The number of hydrogen-bond donors (Lipinski definition) is 1. The van der Waals surface area contributed by atoms with E-state index in [1.54, 1.807) is 0 Å². The van der Waals surface area contributed by atoms with Gasteiger partial charge in [-0.05, 0) is 48.3 Å². The zero-order chi connectivity index (χ0) is 14.0. The van der Waals surface area contributed by atoms with E-state index in [0.29, 0.717) is 12.0 Å². The molecule has 0 aliphatic heterocycles. The maximum atomic E-state index is 13.2. The van der Waals surface area contributed by atoms with Crippen LogP contribution < -0.4 is 0 Å². The molecule has 0 bridgehead atoms. The zero-order valence-electron chi connectivity index (χ0n) is 11.6. The van der Waals surface area contributed by atoms with E-state index in [1.807, 2.05) is 0 Å². The van der Waals surface area contributed by atoms with Gasteiger partial charge in [0.2, 0.25) is 0 Å². The summed E-state index contributed by atoms with van der Waals surface area (Å²) in [7, 11) is 0. The van der Waals surface area contributed by atoms with Crippen LogP contribution in [-0.2, 0) is 6.42 Å². The second-order valence-corrected chi connectivity index (χ2v) is 6.39. The molecule has 1 aromatic carbocycles. The van der Waals surface area contributed by atoms with E-state index >= 15 is 0 Å². The van der Waals surface area contributed by atoms with Crippen molar-refractivity contribution in [2.45, 2.75) is 52.1 Å². The number of rotatable bonds is 3. The Bertz CT molecular complexity index is 422. The average molecular weight is 268 g/mol. The first-order chi connectivity index (χ1) is 8.88. The van der Waals surface area contributed by atoms with Gasteiger partial charge in [-0.1, -0.05) is 26.7 Å². The molecule has 1 aromatic rings. The maximum absolute atomic E-state index is 13.2. The van der Waals surface area contributed by atoms with Crippen LogP contribution >= 0.6 is 0 Å². The molecule has 0 heterocycles. The highest BCUT2D eigenvalue weighted by atomic mass is 19.1. The fourth-order valence-corrected chi connectivity index (χ4v) is 3.35. The monoisotopic (exact) mass is 268 g/mol. The summed E-state index contributed by atoms with van der Waals surface area (Å²) < 4.78 is 26.3. The van der Waals surface area contributed by atoms with Crippen molar-refractivity contribution in [2.24, 2.45) is 11.3 Å². The molecular formula is C16H22F2O. The topological polar surface area (TPSA) is 20.2 Å². The molecule has 0 amide bonds. The van der Waals surface area contributed by atoms with Crippen molar-refractivity contribution in [3.63, 3.8) is 0 Å². The van der Waals surface area contributed by atoms with Gasteiger partial charge in [0.05, 0.1) is 6.10 Å². The highest BCUT2D eigenvalue weighted by Gasteiger charge is 2.36. The van der Waals surface area contributed by atoms with E-state index in [4.69, 9.17) is 0 Å². The molecule has 1 nitrogen and oxygen atoms in total. The van der Waals surface area contributed by atoms with Gasteiger partial charge >= 0.3 is 0 Å². The smallest absolute Gasteiger partial charge is 0.126 e. The molecule has 1 aliphatic rings. The molecular weight excluding hydrogens is 246 g/mol. The van der Waals surface area contributed by atoms with Crippen LogP contribution in [0, 0.1) is 23.0 Å². The number of halogens is 2. The number of aliphatic hydroxyl groups excluding tert-OH is 1. The molecule has 1 N–H and O–H groups in total. The van der Waals surface area contributed by atoms with Gasteiger partial charge in [-0.2, -0.15) is 0 Å². The van der Waals surface area contributed by atoms with Gasteiger partial charge in [0, 0.05) is 6.07 Å². The second-order valence-electron chi connectivity index (χ2n) is 6.39. The minimum absolute atomic E-state index is 0.101. The van der Waals surface area contributed by atoms with Gasteiger partial charge in [-0.3, -0.25) is 0 Å². The lowest BCUT2D eigenvalue weighted by molar-refractivity contribution is 0.00575. The third-order valence-electron chi connectivity index (χ3n) is 4.42.